The molecule has 4 rings (SSSR count). The first-order valence-electron chi connectivity index (χ1n) is 12.9. The number of benzene rings is 2. The zero-order valence-electron chi connectivity index (χ0n) is 21.5. The first-order valence-corrected chi connectivity index (χ1v) is 13.6. The highest BCUT2D eigenvalue weighted by molar-refractivity contribution is 6.42. The van der Waals surface area contributed by atoms with E-state index < -0.39 is 6.29 Å². The summed E-state index contributed by atoms with van der Waals surface area (Å²) in [5, 5.41) is 2.42. The Hall–Kier alpha value is -1.71. The van der Waals surface area contributed by atoms with E-state index in [1.54, 1.807) is 19.2 Å². The molecule has 2 heterocycles. The number of amides is 1. The molecule has 0 radical (unpaired) electrons. The highest BCUT2D eigenvalue weighted by Crippen LogP contribution is 2.30. The van der Waals surface area contributed by atoms with Gasteiger partial charge >= 0.3 is 0 Å². The van der Waals surface area contributed by atoms with E-state index >= 15 is 0 Å². The van der Waals surface area contributed by atoms with E-state index in [2.05, 4.69) is 30.0 Å². The van der Waals surface area contributed by atoms with Crippen LogP contribution in [0.4, 0.5) is 0 Å². The van der Waals surface area contributed by atoms with Gasteiger partial charge in [0.05, 0.1) is 28.6 Å². The van der Waals surface area contributed by atoms with Gasteiger partial charge in [-0.05, 0) is 49.4 Å². The Morgan fingerprint density at radius 3 is 2.76 bits per heavy atom. The molecule has 7 nitrogen and oxygen atoms in total. The molecule has 202 valence electrons. The summed E-state index contributed by atoms with van der Waals surface area (Å²) in [6, 6.07) is 13.2. The second-order valence-corrected chi connectivity index (χ2v) is 10.5. The maximum Gasteiger partial charge on any atom is 0.251 e. The summed E-state index contributed by atoms with van der Waals surface area (Å²) in [7, 11) is 1.63. The van der Waals surface area contributed by atoms with Crippen molar-refractivity contribution in [2.75, 3.05) is 40.1 Å². The van der Waals surface area contributed by atoms with Gasteiger partial charge in [-0.3, -0.25) is 9.69 Å². The van der Waals surface area contributed by atoms with Crippen molar-refractivity contribution in [1.29, 1.82) is 0 Å². The molecule has 37 heavy (non-hydrogen) atoms. The average molecular weight is 552 g/mol. The minimum Gasteiger partial charge on any atom is -0.359 e. The highest BCUT2D eigenvalue weighted by atomic mass is 35.5. The molecule has 2 aromatic carbocycles. The fourth-order valence-electron chi connectivity index (χ4n) is 4.83. The molecule has 9 heteroatoms. The number of aryl methyl sites for hydroxylation is 1. The first kappa shape index (κ1) is 28.3. The van der Waals surface area contributed by atoms with E-state index in [1.165, 1.54) is 5.06 Å². The number of carbonyl (C=O) groups is 1. The molecule has 2 saturated heterocycles. The number of hydrogen-bond donors (Lipinski definition) is 0. The summed E-state index contributed by atoms with van der Waals surface area (Å²) in [5.74, 6) is -0.162. The molecule has 1 amide bonds. The van der Waals surface area contributed by atoms with Crippen LogP contribution in [0.15, 0.2) is 42.5 Å². The number of rotatable bonds is 11. The lowest BCUT2D eigenvalue weighted by atomic mass is 10.0. The normalized spacial score (nSPS) is 21.2. The van der Waals surface area contributed by atoms with Crippen molar-refractivity contribution in [3.05, 3.63) is 69.2 Å². The molecule has 0 bridgehead atoms. The molecule has 0 N–H and O–H groups in total. The van der Waals surface area contributed by atoms with Gasteiger partial charge in [-0.2, -0.15) is 0 Å². The van der Waals surface area contributed by atoms with E-state index in [0.717, 1.165) is 55.5 Å². The molecule has 2 aliphatic rings. The molecule has 3 atom stereocenters. The van der Waals surface area contributed by atoms with Crippen LogP contribution in [0.2, 0.25) is 10.0 Å². The third-order valence-corrected chi connectivity index (χ3v) is 7.49. The summed E-state index contributed by atoms with van der Waals surface area (Å²) < 4.78 is 16.8. The van der Waals surface area contributed by atoms with Crippen molar-refractivity contribution in [1.82, 2.24) is 9.96 Å². The molecule has 0 spiro atoms. The lowest BCUT2D eigenvalue weighted by molar-refractivity contribution is -0.293. The third kappa shape index (κ3) is 8.14. The quantitative estimate of drug-likeness (QED) is 0.269. The summed E-state index contributed by atoms with van der Waals surface area (Å²) in [6.45, 7) is 5.19. The molecule has 1 unspecified atom stereocenters. The van der Waals surface area contributed by atoms with Gasteiger partial charge in [0, 0.05) is 39.8 Å². The zero-order chi connectivity index (χ0) is 26.2. The minimum absolute atomic E-state index is 0.0982. The van der Waals surface area contributed by atoms with E-state index in [-0.39, 0.29) is 31.3 Å². The van der Waals surface area contributed by atoms with Crippen LogP contribution in [-0.2, 0) is 30.3 Å². The fourth-order valence-corrected chi connectivity index (χ4v) is 5.15. The Labute approximate surface area is 229 Å². The Balaban J connectivity index is 1.60. The minimum atomic E-state index is -0.463. The Morgan fingerprint density at radius 2 is 2.03 bits per heavy atom. The maximum atomic E-state index is 13.9. The summed E-state index contributed by atoms with van der Waals surface area (Å²) >= 11 is 12.3. The van der Waals surface area contributed by atoms with Crippen LogP contribution < -0.4 is 0 Å². The average Bonchev–Trinajstić information content (AvgIpc) is 3.35. The summed E-state index contributed by atoms with van der Waals surface area (Å²) in [5.41, 5.74) is 2.91. The van der Waals surface area contributed by atoms with Crippen molar-refractivity contribution in [3.8, 4) is 0 Å². The van der Waals surface area contributed by atoms with Crippen LogP contribution in [0.5, 0.6) is 0 Å². The van der Waals surface area contributed by atoms with Crippen molar-refractivity contribution >= 4 is 29.1 Å². The van der Waals surface area contributed by atoms with Crippen molar-refractivity contribution < 1.29 is 23.8 Å². The van der Waals surface area contributed by atoms with Crippen LogP contribution >= 0.6 is 23.2 Å². The molecule has 2 aliphatic heterocycles. The second kappa shape index (κ2) is 13.9. The predicted octanol–water partition coefficient (Wildman–Crippen LogP) is 5.57. The number of hydrogen-bond acceptors (Lipinski definition) is 6. The number of ether oxygens (including phenoxy) is 3. The number of likely N-dealkylation sites (tertiary alicyclic amines) is 1. The first-order chi connectivity index (χ1) is 17.9. The van der Waals surface area contributed by atoms with Gasteiger partial charge in [0.25, 0.3) is 5.91 Å². The largest absolute Gasteiger partial charge is 0.359 e. The van der Waals surface area contributed by atoms with E-state index in [1.807, 2.05) is 12.1 Å². The monoisotopic (exact) mass is 550 g/mol. The van der Waals surface area contributed by atoms with Crippen LogP contribution in [0, 0.1) is 6.92 Å². The van der Waals surface area contributed by atoms with Crippen LogP contribution in [0.25, 0.3) is 0 Å². The Kier molecular flexibility index (Phi) is 10.6. The van der Waals surface area contributed by atoms with Gasteiger partial charge in [0.15, 0.2) is 6.29 Å². The molecular formula is C28H36Cl2N2O5. The number of halogens is 2. The number of carbonyl (C=O) groups excluding carboxylic acids is 1. The van der Waals surface area contributed by atoms with Gasteiger partial charge in [-0.1, -0.05) is 59.1 Å². The van der Waals surface area contributed by atoms with Gasteiger partial charge in [0.2, 0.25) is 0 Å². The number of nitrogens with zero attached hydrogens (tertiary/aromatic N) is 2. The smallest absolute Gasteiger partial charge is 0.251 e. The van der Waals surface area contributed by atoms with Crippen LogP contribution in [0.1, 0.15) is 48.4 Å². The third-order valence-electron chi connectivity index (χ3n) is 6.75. The highest BCUT2D eigenvalue weighted by Gasteiger charge is 2.34. The molecular weight excluding hydrogens is 515 g/mol. The zero-order valence-corrected chi connectivity index (χ0v) is 23.0. The van der Waals surface area contributed by atoms with E-state index in [4.69, 9.17) is 42.3 Å². The van der Waals surface area contributed by atoms with Gasteiger partial charge in [0.1, 0.15) is 6.79 Å². The van der Waals surface area contributed by atoms with E-state index in [0.29, 0.717) is 23.2 Å². The lowest BCUT2D eigenvalue weighted by Gasteiger charge is -2.37. The standard InChI is InChI=1S/C28H36Cl2N2O5/c1-20-6-5-7-22(14-20)26(18-31-12-11-23(17-31)36-19-34-2)32(37-28-8-3-4-13-35-28)27(33)16-21-9-10-24(29)25(30)15-21/h5-7,9-10,14-15,23,26,28H,3-4,8,11-13,16-19H2,1-2H3/t23-,26+,28?/m0/s1. The van der Waals surface area contributed by atoms with Crippen molar-refractivity contribution in [2.45, 2.75) is 57.5 Å². The van der Waals surface area contributed by atoms with E-state index in [9.17, 15) is 4.79 Å². The topological polar surface area (TPSA) is 60.5 Å². The SMILES string of the molecule is COCO[C@H]1CCN(C[C@H](c2cccc(C)c2)N(OC2CCCCO2)C(=O)Cc2ccc(Cl)c(Cl)c2)C1. The Morgan fingerprint density at radius 1 is 1.16 bits per heavy atom. The van der Waals surface area contributed by atoms with Gasteiger partial charge in [-0.25, -0.2) is 9.90 Å². The molecule has 0 saturated carbocycles. The number of methoxy groups -OCH3 is 1. The molecule has 0 aromatic heterocycles. The van der Waals surface area contributed by atoms with Crippen LogP contribution in [0.3, 0.4) is 0 Å². The van der Waals surface area contributed by atoms with Crippen LogP contribution in [-0.4, -0.2) is 68.4 Å². The lowest BCUT2D eigenvalue weighted by Crippen LogP contribution is -2.45. The van der Waals surface area contributed by atoms with Gasteiger partial charge in [-0.15, -0.1) is 0 Å². The van der Waals surface area contributed by atoms with Gasteiger partial charge < -0.3 is 14.2 Å². The summed E-state index contributed by atoms with van der Waals surface area (Å²) in [4.78, 5) is 22.6. The predicted molar refractivity (Wildman–Crippen MR) is 143 cm³/mol. The summed E-state index contributed by atoms with van der Waals surface area (Å²) in [6.07, 6.45) is 3.41. The van der Waals surface area contributed by atoms with Crippen molar-refractivity contribution in [2.24, 2.45) is 0 Å². The molecule has 0 aliphatic carbocycles. The second-order valence-electron chi connectivity index (χ2n) is 9.72. The fraction of sp³-hybridized carbons (Fsp3) is 0.536. The number of hydroxylamine groups is 2. The van der Waals surface area contributed by atoms with Crippen molar-refractivity contribution in [3.63, 3.8) is 0 Å². The maximum absolute atomic E-state index is 13.9. The molecule has 2 aromatic rings. The molecule has 2 fully saturated rings. The Bertz CT molecular complexity index is 1030.